The van der Waals surface area contributed by atoms with Gasteiger partial charge in [-0.15, -0.1) is 0 Å². The Morgan fingerprint density at radius 2 is 2.08 bits per heavy atom. The lowest BCUT2D eigenvalue weighted by molar-refractivity contribution is -0.129. The van der Waals surface area contributed by atoms with E-state index in [9.17, 15) is 22.8 Å². The molecule has 0 saturated carbocycles. The van der Waals surface area contributed by atoms with Crippen molar-refractivity contribution in [3.8, 4) is 0 Å². The summed E-state index contributed by atoms with van der Waals surface area (Å²) in [6.07, 6.45) is 1.84. The molecule has 7 nitrogen and oxygen atoms in total. The van der Waals surface area contributed by atoms with Gasteiger partial charge in [0.25, 0.3) is 11.1 Å². The Balaban J connectivity index is 1.66. The summed E-state index contributed by atoms with van der Waals surface area (Å²) in [7, 11) is -3.13. The molecule has 0 aliphatic carbocycles. The molecular formula is C16H15ClN2O5S2. The third-order valence-corrected chi connectivity index (χ3v) is 6.98. The number of imide groups is 1. The van der Waals surface area contributed by atoms with Crippen LogP contribution in [0.1, 0.15) is 12.0 Å². The van der Waals surface area contributed by atoms with E-state index in [4.69, 9.17) is 11.6 Å². The van der Waals surface area contributed by atoms with Gasteiger partial charge in [0.15, 0.2) is 9.84 Å². The molecule has 0 radical (unpaired) electrons. The third-order valence-electron chi connectivity index (χ3n) is 3.96. The number of nitrogens with one attached hydrogen (secondary N) is 1. The summed E-state index contributed by atoms with van der Waals surface area (Å²) >= 11 is 6.78. The zero-order valence-corrected chi connectivity index (χ0v) is 15.9. The highest BCUT2D eigenvalue weighted by Gasteiger charge is 2.37. The number of thioether (sulfide) groups is 1. The van der Waals surface area contributed by atoms with Gasteiger partial charge < -0.3 is 5.32 Å². The van der Waals surface area contributed by atoms with Crippen LogP contribution >= 0.6 is 23.4 Å². The third kappa shape index (κ3) is 4.28. The molecule has 0 spiro atoms. The summed E-state index contributed by atoms with van der Waals surface area (Å²) in [4.78, 5) is 37.6. The largest absolute Gasteiger partial charge is 0.351 e. The van der Waals surface area contributed by atoms with Crippen molar-refractivity contribution in [2.45, 2.75) is 12.5 Å². The van der Waals surface area contributed by atoms with Gasteiger partial charge in [0.2, 0.25) is 5.91 Å². The van der Waals surface area contributed by atoms with Gasteiger partial charge in [-0.25, -0.2) is 8.42 Å². The van der Waals surface area contributed by atoms with Gasteiger partial charge in [-0.1, -0.05) is 29.8 Å². The quantitative estimate of drug-likeness (QED) is 0.752. The summed E-state index contributed by atoms with van der Waals surface area (Å²) in [5.74, 6) is -1.23. The van der Waals surface area contributed by atoms with Gasteiger partial charge in [-0.3, -0.25) is 19.3 Å². The molecule has 1 atom stereocenters. The first-order chi connectivity index (χ1) is 12.2. The lowest BCUT2D eigenvalue weighted by Crippen LogP contribution is -2.43. The average molecular weight is 415 g/mol. The molecule has 0 bridgehead atoms. The maximum atomic E-state index is 12.4. The number of carbonyl (C=O) groups is 3. The first-order valence-electron chi connectivity index (χ1n) is 7.75. The van der Waals surface area contributed by atoms with E-state index in [1.165, 1.54) is 6.08 Å². The molecule has 10 heteroatoms. The SMILES string of the molecule is O=C(CN1C(=O)SC(=Cc2ccccc2Cl)C1=O)NC1CCS(=O)(=O)C1. The maximum Gasteiger partial charge on any atom is 0.294 e. The Morgan fingerprint density at radius 3 is 2.73 bits per heavy atom. The van der Waals surface area contributed by atoms with Crippen LogP contribution in [0, 0.1) is 0 Å². The second-order valence-corrected chi connectivity index (χ2v) is 9.59. The normalized spacial score (nSPS) is 23.7. The van der Waals surface area contributed by atoms with Gasteiger partial charge in [0, 0.05) is 11.1 Å². The van der Waals surface area contributed by atoms with E-state index < -0.39 is 39.5 Å². The summed E-state index contributed by atoms with van der Waals surface area (Å²) in [6.45, 7) is -0.443. The van der Waals surface area contributed by atoms with Gasteiger partial charge in [0.1, 0.15) is 6.54 Å². The van der Waals surface area contributed by atoms with Crippen LogP contribution in [-0.4, -0.2) is 54.5 Å². The summed E-state index contributed by atoms with van der Waals surface area (Å²) < 4.78 is 22.8. The predicted molar refractivity (Wildman–Crippen MR) is 99.3 cm³/mol. The van der Waals surface area contributed by atoms with Gasteiger partial charge >= 0.3 is 0 Å². The highest BCUT2D eigenvalue weighted by atomic mass is 35.5. The molecular weight excluding hydrogens is 400 g/mol. The highest BCUT2D eigenvalue weighted by molar-refractivity contribution is 8.18. The van der Waals surface area contributed by atoms with Crippen LogP contribution in [0.5, 0.6) is 0 Å². The molecule has 2 aliphatic heterocycles. The number of amides is 3. The van der Waals surface area contributed by atoms with Crippen LogP contribution in [-0.2, 0) is 19.4 Å². The average Bonchev–Trinajstić information content (AvgIpc) is 3.03. The van der Waals surface area contributed by atoms with Gasteiger partial charge in [-0.05, 0) is 35.9 Å². The summed E-state index contributed by atoms with van der Waals surface area (Å²) in [6, 6.07) is 6.40. The van der Waals surface area contributed by atoms with Crippen LogP contribution in [0.2, 0.25) is 5.02 Å². The Hall–Kier alpha value is -1.84. The number of hydrogen-bond acceptors (Lipinski definition) is 6. The number of rotatable bonds is 4. The van der Waals surface area contributed by atoms with E-state index in [-0.39, 0.29) is 16.4 Å². The smallest absolute Gasteiger partial charge is 0.294 e. The molecule has 2 fully saturated rings. The van der Waals surface area contributed by atoms with E-state index in [0.717, 1.165) is 16.7 Å². The van der Waals surface area contributed by atoms with Crippen LogP contribution in [0.4, 0.5) is 4.79 Å². The van der Waals surface area contributed by atoms with Crippen molar-refractivity contribution >= 4 is 56.3 Å². The minimum absolute atomic E-state index is 0.0279. The molecule has 3 amide bonds. The number of hydrogen-bond donors (Lipinski definition) is 1. The highest BCUT2D eigenvalue weighted by Crippen LogP contribution is 2.33. The van der Waals surface area contributed by atoms with Crippen molar-refractivity contribution in [1.29, 1.82) is 0 Å². The predicted octanol–water partition coefficient (Wildman–Crippen LogP) is 1.68. The van der Waals surface area contributed by atoms with Gasteiger partial charge in [-0.2, -0.15) is 0 Å². The fourth-order valence-corrected chi connectivity index (χ4v) is 5.39. The number of benzene rings is 1. The zero-order valence-electron chi connectivity index (χ0n) is 13.5. The number of nitrogens with zero attached hydrogens (tertiary/aromatic N) is 1. The molecule has 2 aliphatic rings. The van der Waals surface area contributed by atoms with Crippen molar-refractivity contribution in [1.82, 2.24) is 10.2 Å². The Labute approximate surface area is 159 Å². The Bertz CT molecular complexity index is 913. The van der Waals surface area contributed by atoms with Crippen LogP contribution in [0.25, 0.3) is 6.08 Å². The monoisotopic (exact) mass is 414 g/mol. The van der Waals surface area contributed by atoms with E-state index in [1.54, 1.807) is 24.3 Å². The first kappa shape index (κ1) is 18.9. The fourth-order valence-electron chi connectivity index (χ4n) is 2.70. The molecule has 138 valence electrons. The van der Waals surface area contributed by atoms with Crippen molar-refractivity contribution in [3.05, 3.63) is 39.8 Å². The van der Waals surface area contributed by atoms with E-state index in [1.807, 2.05) is 0 Å². The second-order valence-electron chi connectivity index (χ2n) is 5.96. The Morgan fingerprint density at radius 1 is 1.35 bits per heavy atom. The molecule has 0 aromatic heterocycles. The van der Waals surface area contributed by atoms with Crippen LogP contribution in [0.15, 0.2) is 29.2 Å². The fraction of sp³-hybridized carbons (Fsp3) is 0.312. The lowest BCUT2D eigenvalue weighted by Gasteiger charge is -2.15. The minimum Gasteiger partial charge on any atom is -0.351 e. The zero-order chi connectivity index (χ0) is 18.9. The molecule has 26 heavy (non-hydrogen) atoms. The topological polar surface area (TPSA) is 101 Å². The molecule has 1 aromatic carbocycles. The maximum absolute atomic E-state index is 12.4. The van der Waals surface area contributed by atoms with E-state index >= 15 is 0 Å². The molecule has 1 unspecified atom stereocenters. The number of halogens is 1. The van der Waals surface area contributed by atoms with Crippen molar-refractivity contribution in [3.63, 3.8) is 0 Å². The number of carbonyl (C=O) groups excluding carboxylic acids is 3. The molecule has 1 aromatic rings. The molecule has 3 rings (SSSR count). The standard InChI is InChI=1S/C16H15ClN2O5S2/c17-12-4-2-1-3-10(12)7-13-15(21)19(16(22)25-13)8-14(20)18-11-5-6-26(23,24)9-11/h1-4,7,11H,5-6,8-9H2,(H,18,20). The first-order valence-corrected chi connectivity index (χ1v) is 10.8. The van der Waals surface area contributed by atoms with Gasteiger partial charge in [0.05, 0.1) is 16.4 Å². The minimum atomic E-state index is -3.13. The van der Waals surface area contributed by atoms with Crippen molar-refractivity contribution in [2.24, 2.45) is 0 Å². The summed E-state index contributed by atoms with van der Waals surface area (Å²) in [5, 5.41) is 2.45. The van der Waals surface area contributed by atoms with Crippen LogP contribution in [0.3, 0.4) is 0 Å². The second kappa shape index (κ2) is 7.42. The van der Waals surface area contributed by atoms with E-state index in [0.29, 0.717) is 17.0 Å². The molecule has 2 heterocycles. The van der Waals surface area contributed by atoms with Crippen molar-refractivity contribution in [2.75, 3.05) is 18.1 Å². The molecule has 1 N–H and O–H groups in total. The number of sulfone groups is 1. The Kier molecular flexibility index (Phi) is 5.40. The molecule has 2 saturated heterocycles. The lowest BCUT2D eigenvalue weighted by atomic mass is 10.2. The summed E-state index contributed by atoms with van der Waals surface area (Å²) in [5.41, 5.74) is 0.597. The van der Waals surface area contributed by atoms with Crippen LogP contribution < -0.4 is 5.32 Å². The van der Waals surface area contributed by atoms with Crippen molar-refractivity contribution < 1.29 is 22.8 Å². The van der Waals surface area contributed by atoms with E-state index in [2.05, 4.69) is 5.32 Å².